The predicted molar refractivity (Wildman–Crippen MR) is 72.2 cm³/mol. The molecule has 6 heteroatoms. The average molecular weight is 284 g/mol. The van der Waals surface area contributed by atoms with Crippen molar-refractivity contribution in [3.05, 3.63) is 46.8 Å². The minimum atomic E-state index is -0.334. The lowest BCUT2D eigenvalue weighted by molar-refractivity contribution is 0.602. The van der Waals surface area contributed by atoms with Crippen LogP contribution in [0.3, 0.4) is 0 Å². The number of aromatic nitrogens is 2. The van der Waals surface area contributed by atoms with Crippen molar-refractivity contribution >= 4 is 29.1 Å². The Bertz CT molecular complexity index is 557. The number of hydrogen-bond acceptors (Lipinski definition) is 4. The number of aryl methyl sites for hydroxylation is 1. The van der Waals surface area contributed by atoms with Crippen molar-refractivity contribution in [3.8, 4) is 0 Å². The summed E-state index contributed by atoms with van der Waals surface area (Å²) in [4.78, 5) is 8.83. The highest BCUT2D eigenvalue weighted by Crippen LogP contribution is 2.26. The number of nitrogens with zero attached hydrogens (tertiary/aromatic N) is 2. The van der Waals surface area contributed by atoms with Gasteiger partial charge in [0, 0.05) is 16.3 Å². The first-order chi connectivity index (χ1) is 8.54. The minimum Gasteiger partial charge on any atom is -0.399 e. The number of thioether (sulfide) groups is 1. The molecule has 18 heavy (non-hydrogen) atoms. The van der Waals surface area contributed by atoms with Gasteiger partial charge in [-0.2, -0.15) is 0 Å². The Kier molecular flexibility index (Phi) is 4.04. The van der Waals surface area contributed by atoms with Crippen molar-refractivity contribution < 1.29 is 4.39 Å². The fourth-order valence-corrected chi connectivity index (χ4v) is 2.46. The third-order valence-corrected chi connectivity index (χ3v) is 3.42. The van der Waals surface area contributed by atoms with Gasteiger partial charge in [0.25, 0.3) is 0 Å². The highest BCUT2D eigenvalue weighted by Gasteiger charge is 2.06. The molecule has 94 valence electrons. The Labute approximate surface area is 114 Å². The predicted octanol–water partition coefficient (Wildman–Crippen LogP) is 3.45. The van der Waals surface area contributed by atoms with E-state index in [0.29, 0.717) is 27.3 Å². The van der Waals surface area contributed by atoms with Crippen molar-refractivity contribution in [1.29, 1.82) is 0 Å². The molecular formula is C12H11ClFN3S. The zero-order valence-electron chi connectivity index (χ0n) is 9.65. The monoisotopic (exact) mass is 283 g/mol. The lowest BCUT2D eigenvalue weighted by Crippen LogP contribution is -1.96. The summed E-state index contributed by atoms with van der Waals surface area (Å²) in [5, 5.41) is 0.399. The third kappa shape index (κ3) is 3.34. The molecular weight excluding hydrogens is 273 g/mol. The van der Waals surface area contributed by atoms with Crippen LogP contribution in [0.2, 0.25) is 5.15 Å². The van der Waals surface area contributed by atoms with Gasteiger partial charge in [0.1, 0.15) is 16.8 Å². The molecule has 0 aliphatic heterocycles. The molecule has 0 fully saturated rings. The second-order valence-electron chi connectivity index (χ2n) is 3.73. The highest BCUT2D eigenvalue weighted by atomic mass is 35.5. The zero-order valence-corrected chi connectivity index (χ0v) is 11.2. The van der Waals surface area contributed by atoms with Crippen LogP contribution in [0.1, 0.15) is 11.5 Å². The highest BCUT2D eigenvalue weighted by molar-refractivity contribution is 7.98. The van der Waals surface area contributed by atoms with Crippen molar-refractivity contribution in [2.45, 2.75) is 17.6 Å². The lowest BCUT2D eigenvalue weighted by atomic mass is 10.3. The molecule has 0 spiro atoms. The molecule has 0 aliphatic rings. The smallest absolute Gasteiger partial charge is 0.140 e. The Morgan fingerprint density at radius 3 is 2.78 bits per heavy atom. The Morgan fingerprint density at radius 2 is 2.11 bits per heavy atom. The molecule has 0 bridgehead atoms. The Morgan fingerprint density at radius 1 is 1.33 bits per heavy atom. The summed E-state index contributed by atoms with van der Waals surface area (Å²) in [5.41, 5.74) is 6.69. The van der Waals surface area contributed by atoms with Crippen LogP contribution in [0, 0.1) is 12.7 Å². The van der Waals surface area contributed by atoms with Gasteiger partial charge in [0.05, 0.1) is 5.75 Å². The molecule has 0 unspecified atom stereocenters. The average Bonchev–Trinajstić information content (AvgIpc) is 2.26. The molecule has 0 amide bonds. The van der Waals surface area contributed by atoms with Crippen LogP contribution in [-0.2, 0) is 5.75 Å². The fraction of sp³-hybridized carbons (Fsp3) is 0.167. The van der Waals surface area contributed by atoms with Gasteiger partial charge in [-0.25, -0.2) is 14.4 Å². The SMILES string of the molecule is Cc1cc(Cl)nc(CSc2ccc(N)cc2F)n1. The first kappa shape index (κ1) is 13.1. The number of anilines is 1. The van der Waals surface area contributed by atoms with E-state index < -0.39 is 0 Å². The maximum atomic E-state index is 13.5. The van der Waals surface area contributed by atoms with E-state index in [2.05, 4.69) is 9.97 Å². The third-order valence-electron chi connectivity index (χ3n) is 2.18. The molecule has 1 aromatic carbocycles. The van der Waals surface area contributed by atoms with Crippen LogP contribution in [-0.4, -0.2) is 9.97 Å². The maximum absolute atomic E-state index is 13.5. The Hall–Kier alpha value is -1.33. The van der Waals surface area contributed by atoms with Crippen molar-refractivity contribution in [2.24, 2.45) is 0 Å². The molecule has 0 aliphatic carbocycles. The van der Waals surface area contributed by atoms with Crippen molar-refractivity contribution in [3.63, 3.8) is 0 Å². The van der Waals surface area contributed by atoms with E-state index >= 15 is 0 Å². The largest absolute Gasteiger partial charge is 0.399 e. The second-order valence-corrected chi connectivity index (χ2v) is 5.13. The summed E-state index contributed by atoms with van der Waals surface area (Å²) in [7, 11) is 0. The van der Waals surface area contributed by atoms with E-state index in [0.717, 1.165) is 5.69 Å². The van der Waals surface area contributed by atoms with Crippen LogP contribution in [0.25, 0.3) is 0 Å². The number of hydrogen-bond donors (Lipinski definition) is 1. The standard InChI is InChI=1S/C12H11ClFN3S/c1-7-4-11(13)17-12(16-7)6-18-10-3-2-8(15)5-9(10)14/h2-5H,6,15H2,1H3. The van der Waals surface area contributed by atoms with E-state index in [1.165, 1.54) is 17.8 Å². The summed E-state index contributed by atoms with van der Waals surface area (Å²) in [5.74, 6) is 0.711. The topological polar surface area (TPSA) is 51.8 Å². The molecule has 0 saturated heterocycles. The summed E-state index contributed by atoms with van der Waals surface area (Å²) in [6, 6.07) is 6.29. The summed E-state index contributed by atoms with van der Waals surface area (Å²) in [6.07, 6.45) is 0. The van der Waals surface area contributed by atoms with Crippen LogP contribution >= 0.6 is 23.4 Å². The van der Waals surface area contributed by atoms with Crippen LogP contribution < -0.4 is 5.73 Å². The van der Waals surface area contributed by atoms with Crippen LogP contribution in [0.15, 0.2) is 29.2 Å². The van der Waals surface area contributed by atoms with E-state index in [4.69, 9.17) is 17.3 Å². The maximum Gasteiger partial charge on any atom is 0.140 e. The molecule has 2 rings (SSSR count). The molecule has 2 aromatic rings. The number of rotatable bonds is 3. The lowest BCUT2D eigenvalue weighted by Gasteiger charge is -2.04. The minimum absolute atomic E-state index is 0.334. The molecule has 0 radical (unpaired) electrons. The number of halogens is 2. The van der Waals surface area contributed by atoms with Gasteiger partial charge in [-0.3, -0.25) is 0 Å². The van der Waals surface area contributed by atoms with Gasteiger partial charge in [0.2, 0.25) is 0 Å². The van der Waals surface area contributed by atoms with E-state index in [9.17, 15) is 4.39 Å². The normalized spacial score (nSPS) is 10.6. The van der Waals surface area contributed by atoms with E-state index in [1.807, 2.05) is 6.92 Å². The van der Waals surface area contributed by atoms with Gasteiger partial charge >= 0.3 is 0 Å². The summed E-state index contributed by atoms with van der Waals surface area (Å²) >= 11 is 7.15. The number of nitrogens with two attached hydrogens (primary N) is 1. The molecule has 0 saturated carbocycles. The quantitative estimate of drug-likeness (QED) is 0.532. The molecule has 1 heterocycles. The first-order valence-electron chi connectivity index (χ1n) is 5.22. The van der Waals surface area contributed by atoms with Crippen molar-refractivity contribution in [1.82, 2.24) is 9.97 Å². The molecule has 2 N–H and O–H groups in total. The van der Waals surface area contributed by atoms with Gasteiger partial charge in [0.15, 0.2) is 0 Å². The van der Waals surface area contributed by atoms with Crippen LogP contribution in [0.5, 0.6) is 0 Å². The van der Waals surface area contributed by atoms with Crippen molar-refractivity contribution in [2.75, 3.05) is 5.73 Å². The number of nitrogen functional groups attached to an aromatic ring is 1. The summed E-state index contributed by atoms with van der Waals surface area (Å²) in [6.45, 7) is 1.84. The number of benzene rings is 1. The van der Waals surface area contributed by atoms with Gasteiger partial charge in [-0.1, -0.05) is 11.6 Å². The Balaban J connectivity index is 2.11. The molecule has 1 aromatic heterocycles. The fourth-order valence-electron chi connectivity index (χ4n) is 1.43. The molecule has 3 nitrogen and oxygen atoms in total. The molecule has 0 atom stereocenters. The zero-order chi connectivity index (χ0) is 13.1. The first-order valence-corrected chi connectivity index (χ1v) is 6.59. The van der Waals surface area contributed by atoms with Gasteiger partial charge < -0.3 is 5.73 Å². The summed E-state index contributed by atoms with van der Waals surface area (Å²) < 4.78 is 13.5. The second kappa shape index (κ2) is 5.54. The van der Waals surface area contributed by atoms with E-state index in [1.54, 1.807) is 18.2 Å². The van der Waals surface area contributed by atoms with Gasteiger partial charge in [-0.15, -0.1) is 11.8 Å². The van der Waals surface area contributed by atoms with Gasteiger partial charge in [-0.05, 0) is 31.2 Å². The van der Waals surface area contributed by atoms with E-state index in [-0.39, 0.29) is 5.82 Å². The van der Waals surface area contributed by atoms with Crippen LogP contribution in [0.4, 0.5) is 10.1 Å².